The molecule has 0 bridgehead atoms. The van der Waals surface area contributed by atoms with Crippen LogP contribution >= 0.6 is 0 Å². The number of hydrogen-bond donors (Lipinski definition) is 2. The van der Waals surface area contributed by atoms with E-state index in [4.69, 9.17) is 5.73 Å². The van der Waals surface area contributed by atoms with Gasteiger partial charge in [-0.15, -0.1) is 0 Å². The molecule has 0 aromatic carbocycles. The quantitative estimate of drug-likeness (QED) is 0.703. The first-order valence-corrected chi connectivity index (χ1v) is 5.98. The Morgan fingerprint density at radius 3 is 2.67 bits per heavy atom. The van der Waals surface area contributed by atoms with Crippen molar-refractivity contribution < 1.29 is 4.79 Å². The molecule has 0 saturated heterocycles. The van der Waals surface area contributed by atoms with Gasteiger partial charge in [-0.2, -0.15) is 0 Å². The van der Waals surface area contributed by atoms with Gasteiger partial charge in [0.05, 0.1) is 0 Å². The maximum atomic E-state index is 11.5. The van der Waals surface area contributed by atoms with E-state index in [2.05, 4.69) is 26.1 Å². The second-order valence-electron chi connectivity index (χ2n) is 5.45. The third-order valence-electron chi connectivity index (χ3n) is 3.37. The Morgan fingerprint density at radius 2 is 2.20 bits per heavy atom. The zero-order valence-corrected chi connectivity index (χ0v) is 10.2. The van der Waals surface area contributed by atoms with Gasteiger partial charge in [-0.25, -0.2) is 0 Å². The van der Waals surface area contributed by atoms with Crippen LogP contribution in [0.15, 0.2) is 0 Å². The Bertz CT molecular complexity index is 226. The predicted molar refractivity (Wildman–Crippen MR) is 62.4 cm³/mol. The van der Waals surface area contributed by atoms with Crippen molar-refractivity contribution >= 4 is 5.91 Å². The molecule has 1 fully saturated rings. The van der Waals surface area contributed by atoms with Crippen molar-refractivity contribution in [1.82, 2.24) is 5.32 Å². The molecule has 1 rings (SSSR count). The fourth-order valence-corrected chi connectivity index (χ4v) is 1.94. The van der Waals surface area contributed by atoms with E-state index in [1.807, 2.05) is 0 Å². The first kappa shape index (κ1) is 12.5. The standard InChI is InChI=1S/C12H24N2O/c1-4-5-10(13)6-11(15)14-8-9-7-12(9,2)3/h9-10H,4-8,13H2,1-3H3,(H,14,15). The monoisotopic (exact) mass is 212 g/mol. The topological polar surface area (TPSA) is 55.1 Å². The van der Waals surface area contributed by atoms with Crippen molar-refractivity contribution in [2.75, 3.05) is 6.54 Å². The third kappa shape index (κ3) is 4.20. The molecule has 3 nitrogen and oxygen atoms in total. The number of amides is 1. The lowest BCUT2D eigenvalue weighted by molar-refractivity contribution is -0.121. The van der Waals surface area contributed by atoms with Crippen LogP contribution in [0.25, 0.3) is 0 Å². The van der Waals surface area contributed by atoms with Gasteiger partial charge < -0.3 is 11.1 Å². The molecule has 3 heteroatoms. The minimum absolute atomic E-state index is 0.0298. The van der Waals surface area contributed by atoms with Crippen molar-refractivity contribution in [3.05, 3.63) is 0 Å². The van der Waals surface area contributed by atoms with Crippen LogP contribution < -0.4 is 11.1 Å². The van der Waals surface area contributed by atoms with Crippen LogP contribution in [0.1, 0.15) is 46.5 Å². The Hall–Kier alpha value is -0.570. The van der Waals surface area contributed by atoms with Crippen molar-refractivity contribution in [2.24, 2.45) is 17.1 Å². The highest BCUT2D eigenvalue weighted by Crippen LogP contribution is 2.50. The molecule has 15 heavy (non-hydrogen) atoms. The Morgan fingerprint density at radius 1 is 1.60 bits per heavy atom. The van der Waals surface area contributed by atoms with E-state index in [1.165, 1.54) is 6.42 Å². The summed E-state index contributed by atoms with van der Waals surface area (Å²) in [6, 6.07) is 0.0298. The molecule has 0 spiro atoms. The summed E-state index contributed by atoms with van der Waals surface area (Å²) in [7, 11) is 0. The molecule has 0 aromatic heterocycles. The maximum Gasteiger partial charge on any atom is 0.221 e. The van der Waals surface area contributed by atoms with Gasteiger partial charge in [0.2, 0.25) is 5.91 Å². The number of carbonyl (C=O) groups excluding carboxylic acids is 1. The van der Waals surface area contributed by atoms with Crippen LogP contribution in [0, 0.1) is 11.3 Å². The van der Waals surface area contributed by atoms with E-state index in [-0.39, 0.29) is 11.9 Å². The van der Waals surface area contributed by atoms with Gasteiger partial charge in [-0.1, -0.05) is 27.2 Å². The normalized spacial score (nSPS) is 24.7. The van der Waals surface area contributed by atoms with E-state index < -0.39 is 0 Å². The van der Waals surface area contributed by atoms with Gasteiger partial charge in [0, 0.05) is 19.0 Å². The van der Waals surface area contributed by atoms with Crippen molar-refractivity contribution in [1.29, 1.82) is 0 Å². The maximum absolute atomic E-state index is 11.5. The van der Waals surface area contributed by atoms with Gasteiger partial charge >= 0.3 is 0 Å². The summed E-state index contributed by atoms with van der Waals surface area (Å²) in [5, 5.41) is 2.97. The smallest absolute Gasteiger partial charge is 0.221 e. The molecule has 1 amide bonds. The van der Waals surface area contributed by atoms with Crippen LogP contribution in [0.5, 0.6) is 0 Å². The second kappa shape index (κ2) is 4.97. The Balaban J connectivity index is 2.09. The summed E-state index contributed by atoms with van der Waals surface area (Å²) < 4.78 is 0. The molecule has 88 valence electrons. The molecule has 2 atom stereocenters. The molecule has 3 N–H and O–H groups in total. The highest BCUT2D eigenvalue weighted by molar-refractivity contribution is 5.76. The first-order chi connectivity index (χ1) is 6.95. The summed E-state index contributed by atoms with van der Waals surface area (Å²) in [6.45, 7) is 7.40. The van der Waals surface area contributed by atoms with E-state index >= 15 is 0 Å². The summed E-state index contributed by atoms with van der Waals surface area (Å²) in [5.74, 6) is 0.780. The highest BCUT2D eigenvalue weighted by atomic mass is 16.1. The summed E-state index contributed by atoms with van der Waals surface area (Å²) in [5.41, 5.74) is 6.24. The Labute approximate surface area is 92.8 Å². The van der Waals surface area contributed by atoms with E-state index in [9.17, 15) is 4.79 Å². The Kier molecular flexibility index (Phi) is 4.14. The molecule has 1 aliphatic rings. The lowest BCUT2D eigenvalue weighted by Crippen LogP contribution is -2.33. The van der Waals surface area contributed by atoms with Crippen molar-refractivity contribution in [2.45, 2.75) is 52.5 Å². The van der Waals surface area contributed by atoms with Gasteiger partial charge in [-0.05, 0) is 24.2 Å². The average Bonchev–Trinajstić information content (AvgIpc) is 2.71. The molecule has 2 unspecified atom stereocenters. The molecule has 0 aliphatic heterocycles. The fourth-order valence-electron chi connectivity index (χ4n) is 1.94. The largest absolute Gasteiger partial charge is 0.356 e. The van der Waals surface area contributed by atoms with E-state index in [0.29, 0.717) is 17.8 Å². The summed E-state index contributed by atoms with van der Waals surface area (Å²) in [4.78, 5) is 11.5. The zero-order valence-electron chi connectivity index (χ0n) is 10.2. The van der Waals surface area contributed by atoms with Gasteiger partial charge in [0.1, 0.15) is 0 Å². The van der Waals surface area contributed by atoms with Crippen LogP contribution in [0.4, 0.5) is 0 Å². The van der Waals surface area contributed by atoms with Crippen LogP contribution in [0.3, 0.4) is 0 Å². The minimum Gasteiger partial charge on any atom is -0.356 e. The number of carbonyl (C=O) groups is 1. The van der Waals surface area contributed by atoms with E-state index in [1.54, 1.807) is 0 Å². The molecule has 0 radical (unpaired) electrons. The third-order valence-corrected chi connectivity index (χ3v) is 3.37. The molecular formula is C12H24N2O. The molecule has 1 saturated carbocycles. The minimum atomic E-state index is 0.0298. The SMILES string of the molecule is CCCC(N)CC(=O)NCC1CC1(C)C. The average molecular weight is 212 g/mol. The van der Waals surface area contributed by atoms with Gasteiger partial charge in [0.25, 0.3) is 0 Å². The predicted octanol–water partition coefficient (Wildman–Crippen LogP) is 1.67. The zero-order chi connectivity index (χ0) is 11.5. The summed E-state index contributed by atoms with van der Waals surface area (Å²) in [6.07, 6.45) is 3.68. The van der Waals surface area contributed by atoms with Crippen LogP contribution in [0.2, 0.25) is 0 Å². The van der Waals surface area contributed by atoms with E-state index in [0.717, 1.165) is 19.4 Å². The molecule has 0 aromatic rings. The van der Waals surface area contributed by atoms with Gasteiger partial charge in [0.15, 0.2) is 0 Å². The number of nitrogens with two attached hydrogens (primary N) is 1. The van der Waals surface area contributed by atoms with Gasteiger partial charge in [-0.3, -0.25) is 4.79 Å². The number of hydrogen-bond acceptors (Lipinski definition) is 2. The lowest BCUT2D eigenvalue weighted by Gasteiger charge is -2.11. The summed E-state index contributed by atoms with van der Waals surface area (Å²) >= 11 is 0. The van der Waals surface area contributed by atoms with Crippen LogP contribution in [-0.2, 0) is 4.79 Å². The first-order valence-electron chi connectivity index (χ1n) is 5.98. The van der Waals surface area contributed by atoms with Crippen molar-refractivity contribution in [3.8, 4) is 0 Å². The van der Waals surface area contributed by atoms with Crippen molar-refractivity contribution in [3.63, 3.8) is 0 Å². The molecular weight excluding hydrogens is 188 g/mol. The molecule has 0 heterocycles. The lowest BCUT2D eigenvalue weighted by atomic mass is 10.1. The highest BCUT2D eigenvalue weighted by Gasteiger charge is 2.45. The number of nitrogens with one attached hydrogen (secondary N) is 1. The number of rotatable bonds is 6. The van der Waals surface area contributed by atoms with Crippen LogP contribution in [-0.4, -0.2) is 18.5 Å². The molecule has 1 aliphatic carbocycles. The fraction of sp³-hybridized carbons (Fsp3) is 0.917. The second-order valence-corrected chi connectivity index (χ2v) is 5.45.